The van der Waals surface area contributed by atoms with Gasteiger partial charge in [0.05, 0.1) is 6.26 Å². The van der Waals surface area contributed by atoms with Crippen LogP contribution in [0.25, 0.3) is 0 Å². The molecule has 25 heavy (non-hydrogen) atoms. The van der Waals surface area contributed by atoms with Gasteiger partial charge in [-0.1, -0.05) is 0 Å². The molecule has 132 valence electrons. The van der Waals surface area contributed by atoms with Gasteiger partial charge in [-0.05, 0) is 37.1 Å². The van der Waals surface area contributed by atoms with Gasteiger partial charge in [-0.25, -0.2) is 0 Å². The normalized spacial score (nSPS) is 15.1. The molecule has 3 rings (SSSR count). The summed E-state index contributed by atoms with van der Waals surface area (Å²) in [6.07, 6.45) is 2.60. The molecular weight excluding hydrogens is 328 g/mol. The lowest BCUT2D eigenvalue weighted by Crippen LogP contribution is -2.46. The number of aromatic hydroxyl groups is 3. The summed E-state index contributed by atoms with van der Waals surface area (Å²) in [5, 5.41) is 31.1. The van der Waals surface area contributed by atoms with Gasteiger partial charge in [0.1, 0.15) is 0 Å². The van der Waals surface area contributed by atoms with Gasteiger partial charge in [0.2, 0.25) is 0 Å². The smallest absolute Gasteiger partial charge is 0.289 e. The number of carbonyl (C=O) groups is 2. The van der Waals surface area contributed by atoms with Crippen LogP contribution in [0.15, 0.2) is 34.9 Å². The quantitative estimate of drug-likeness (QED) is 0.624. The molecule has 0 unspecified atom stereocenters. The van der Waals surface area contributed by atoms with E-state index in [0.29, 0.717) is 25.9 Å². The Balaban J connectivity index is 1.57. The van der Waals surface area contributed by atoms with Gasteiger partial charge in [-0.2, -0.15) is 0 Å². The number of carbonyl (C=O) groups excluding carboxylic acids is 2. The number of rotatable bonds is 3. The first-order valence-electron chi connectivity index (χ1n) is 7.84. The number of phenols is 3. The van der Waals surface area contributed by atoms with Crippen LogP contribution < -0.4 is 5.32 Å². The predicted octanol–water partition coefficient (Wildman–Crippen LogP) is 1.43. The number of piperidine rings is 1. The highest BCUT2D eigenvalue weighted by atomic mass is 16.3. The molecule has 0 saturated carbocycles. The van der Waals surface area contributed by atoms with Crippen molar-refractivity contribution in [3.63, 3.8) is 0 Å². The van der Waals surface area contributed by atoms with Crippen molar-refractivity contribution >= 4 is 11.8 Å². The Morgan fingerprint density at radius 1 is 1.12 bits per heavy atom. The van der Waals surface area contributed by atoms with Crippen LogP contribution in [0.2, 0.25) is 0 Å². The highest BCUT2D eigenvalue weighted by molar-refractivity contribution is 5.95. The molecule has 0 bridgehead atoms. The lowest BCUT2D eigenvalue weighted by atomic mass is 10.0. The van der Waals surface area contributed by atoms with Crippen LogP contribution in [-0.4, -0.2) is 51.2 Å². The molecule has 1 aliphatic heterocycles. The van der Waals surface area contributed by atoms with E-state index in [4.69, 9.17) is 4.42 Å². The van der Waals surface area contributed by atoms with Crippen LogP contribution in [0.3, 0.4) is 0 Å². The molecule has 1 aromatic heterocycles. The van der Waals surface area contributed by atoms with Gasteiger partial charge in [0.15, 0.2) is 23.0 Å². The van der Waals surface area contributed by atoms with E-state index in [1.54, 1.807) is 17.0 Å². The van der Waals surface area contributed by atoms with Crippen LogP contribution in [0.1, 0.15) is 33.8 Å². The summed E-state index contributed by atoms with van der Waals surface area (Å²) in [5.74, 6) is -2.16. The number of hydrogen-bond donors (Lipinski definition) is 4. The minimum absolute atomic E-state index is 0.0434. The zero-order chi connectivity index (χ0) is 18.0. The van der Waals surface area contributed by atoms with E-state index in [0.717, 1.165) is 12.1 Å². The number of furan rings is 1. The number of amides is 2. The predicted molar refractivity (Wildman–Crippen MR) is 86.5 cm³/mol. The molecule has 1 fully saturated rings. The minimum atomic E-state index is -0.665. The van der Waals surface area contributed by atoms with Crippen LogP contribution >= 0.6 is 0 Å². The van der Waals surface area contributed by atoms with Gasteiger partial charge >= 0.3 is 0 Å². The van der Waals surface area contributed by atoms with Crippen LogP contribution in [0, 0.1) is 0 Å². The molecule has 1 aromatic carbocycles. The van der Waals surface area contributed by atoms with E-state index in [1.165, 1.54) is 6.26 Å². The van der Waals surface area contributed by atoms with Crippen molar-refractivity contribution < 1.29 is 29.3 Å². The van der Waals surface area contributed by atoms with Crippen LogP contribution in [-0.2, 0) is 0 Å². The summed E-state index contributed by atoms with van der Waals surface area (Å²) in [5.41, 5.74) is 0.0434. The fraction of sp³-hybridized carbons (Fsp3) is 0.294. The van der Waals surface area contributed by atoms with E-state index >= 15 is 0 Å². The summed E-state index contributed by atoms with van der Waals surface area (Å²) < 4.78 is 5.10. The van der Waals surface area contributed by atoms with E-state index < -0.39 is 23.2 Å². The van der Waals surface area contributed by atoms with Gasteiger partial charge in [-0.15, -0.1) is 0 Å². The molecular formula is C17H18N2O6. The zero-order valence-electron chi connectivity index (χ0n) is 13.3. The third-order valence-corrected chi connectivity index (χ3v) is 4.18. The monoisotopic (exact) mass is 346 g/mol. The van der Waals surface area contributed by atoms with Crippen molar-refractivity contribution in [3.8, 4) is 17.2 Å². The maximum Gasteiger partial charge on any atom is 0.289 e. The van der Waals surface area contributed by atoms with E-state index in [1.807, 2.05) is 0 Å². The van der Waals surface area contributed by atoms with Crippen molar-refractivity contribution in [3.05, 3.63) is 41.9 Å². The molecule has 4 N–H and O–H groups in total. The van der Waals surface area contributed by atoms with E-state index in [9.17, 15) is 24.9 Å². The minimum Gasteiger partial charge on any atom is -0.504 e. The Labute approximate surface area is 143 Å². The van der Waals surface area contributed by atoms with Crippen LogP contribution in [0.4, 0.5) is 0 Å². The second-order valence-electron chi connectivity index (χ2n) is 5.88. The maximum atomic E-state index is 12.2. The molecule has 2 aromatic rings. The summed E-state index contributed by atoms with van der Waals surface area (Å²) in [7, 11) is 0. The van der Waals surface area contributed by atoms with Crippen LogP contribution in [0.5, 0.6) is 17.2 Å². The molecule has 0 spiro atoms. The number of phenolic OH excluding ortho intramolecular Hbond substituents is 3. The van der Waals surface area contributed by atoms with Gasteiger partial charge in [-0.3, -0.25) is 9.59 Å². The first-order valence-corrected chi connectivity index (χ1v) is 7.84. The maximum absolute atomic E-state index is 12.2. The summed E-state index contributed by atoms with van der Waals surface area (Å²) in [6.45, 7) is 0.965. The highest BCUT2D eigenvalue weighted by Crippen LogP contribution is 2.35. The average molecular weight is 346 g/mol. The summed E-state index contributed by atoms with van der Waals surface area (Å²) in [4.78, 5) is 26.1. The molecule has 1 saturated heterocycles. The Morgan fingerprint density at radius 2 is 1.76 bits per heavy atom. The topological polar surface area (TPSA) is 123 Å². The average Bonchev–Trinajstić information content (AvgIpc) is 3.14. The van der Waals surface area contributed by atoms with Gasteiger partial charge in [0, 0.05) is 24.7 Å². The Bertz CT molecular complexity index is 755. The lowest BCUT2D eigenvalue weighted by Gasteiger charge is -2.31. The molecule has 1 aliphatic rings. The molecule has 0 radical (unpaired) electrons. The molecule has 0 aliphatic carbocycles. The number of likely N-dealkylation sites (tertiary alicyclic amines) is 1. The molecule has 8 nitrogen and oxygen atoms in total. The SMILES string of the molecule is O=C(NC1CCN(C(=O)c2ccco2)CC1)c1cc(O)c(O)c(O)c1. The number of nitrogens with zero attached hydrogens (tertiary/aromatic N) is 1. The molecule has 0 atom stereocenters. The second kappa shape index (κ2) is 6.76. The lowest BCUT2D eigenvalue weighted by molar-refractivity contribution is 0.0667. The highest BCUT2D eigenvalue weighted by Gasteiger charge is 2.26. The van der Waals surface area contributed by atoms with Crippen molar-refractivity contribution in [1.82, 2.24) is 10.2 Å². The standard InChI is InChI=1S/C17H18N2O6/c20-12-8-10(9-13(21)15(12)22)16(23)18-11-3-5-19(6-4-11)17(24)14-2-1-7-25-14/h1-2,7-9,11,20-22H,3-6H2,(H,18,23). The van der Waals surface area contributed by atoms with Gasteiger partial charge < -0.3 is 30.0 Å². The van der Waals surface area contributed by atoms with E-state index in [-0.39, 0.29) is 23.3 Å². The fourth-order valence-corrected chi connectivity index (χ4v) is 2.79. The van der Waals surface area contributed by atoms with Crippen molar-refractivity contribution in [2.75, 3.05) is 13.1 Å². The largest absolute Gasteiger partial charge is 0.504 e. The zero-order valence-corrected chi connectivity index (χ0v) is 13.3. The molecule has 2 heterocycles. The Kier molecular flexibility index (Phi) is 4.51. The number of nitrogens with one attached hydrogen (secondary N) is 1. The number of hydrogen-bond acceptors (Lipinski definition) is 6. The Morgan fingerprint density at radius 3 is 2.32 bits per heavy atom. The first kappa shape index (κ1) is 16.7. The number of benzene rings is 1. The third-order valence-electron chi connectivity index (χ3n) is 4.18. The fourth-order valence-electron chi connectivity index (χ4n) is 2.79. The third kappa shape index (κ3) is 3.52. The van der Waals surface area contributed by atoms with Gasteiger partial charge in [0.25, 0.3) is 11.8 Å². The van der Waals surface area contributed by atoms with E-state index in [2.05, 4.69) is 5.32 Å². The Hall–Kier alpha value is -3.16. The first-order chi connectivity index (χ1) is 12.0. The molecule has 2 amide bonds. The summed E-state index contributed by atoms with van der Waals surface area (Å²) >= 11 is 0. The second-order valence-corrected chi connectivity index (χ2v) is 5.88. The summed E-state index contributed by atoms with van der Waals surface area (Å²) in [6, 6.07) is 5.30. The van der Waals surface area contributed by atoms with Crippen molar-refractivity contribution in [2.45, 2.75) is 18.9 Å². The van der Waals surface area contributed by atoms with Crippen molar-refractivity contribution in [1.29, 1.82) is 0 Å². The molecule has 8 heteroatoms. The van der Waals surface area contributed by atoms with Crippen molar-refractivity contribution in [2.24, 2.45) is 0 Å².